The lowest BCUT2D eigenvalue weighted by Crippen LogP contribution is -2.01. The van der Waals surface area contributed by atoms with Gasteiger partial charge in [-0.1, -0.05) is 68.3 Å². The van der Waals surface area contributed by atoms with Crippen molar-refractivity contribution in [1.29, 1.82) is 0 Å². The first kappa shape index (κ1) is 21.8. The SMILES string of the molecule is CCCCCOc1ccc(CCc2ccc(-c3ccc(OC(F)F)cc3)cc2)cc1. The van der Waals surface area contributed by atoms with Crippen molar-refractivity contribution >= 4 is 0 Å². The number of unbranched alkanes of at least 4 members (excludes halogenated alkanes) is 2. The van der Waals surface area contributed by atoms with Crippen molar-refractivity contribution in [2.45, 2.75) is 45.6 Å². The van der Waals surface area contributed by atoms with E-state index in [1.54, 1.807) is 24.3 Å². The first-order chi connectivity index (χ1) is 14.6. The largest absolute Gasteiger partial charge is 0.494 e. The van der Waals surface area contributed by atoms with Crippen LogP contribution in [0.25, 0.3) is 11.1 Å². The van der Waals surface area contributed by atoms with Crippen molar-refractivity contribution in [2.75, 3.05) is 6.61 Å². The Morgan fingerprint density at radius 1 is 0.667 bits per heavy atom. The minimum Gasteiger partial charge on any atom is -0.494 e. The third-order valence-electron chi connectivity index (χ3n) is 5.01. The second-order valence-electron chi connectivity index (χ2n) is 7.30. The van der Waals surface area contributed by atoms with Crippen molar-refractivity contribution in [3.63, 3.8) is 0 Å². The van der Waals surface area contributed by atoms with Crippen molar-refractivity contribution in [1.82, 2.24) is 0 Å². The molecule has 0 N–H and O–H groups in total. The summed E-state index contributed by atoms with van der Waals surface area (Å²) in [5.41, 5.74) is 4.57. The minimum absolute atomic E-state index is 0.169. The van der Waals surface area contributed by atoms with Crippen molar-refractivity contribution < 1.29 is 18.3 Å². The lowest BCUT2D eigenvalue weighted by Gasteiger charge is -2.08. The molecule has 0 fully saturated rings. The number of aryl methyl sites for hydroxylation is 2. The zero-order valence-corrected chi connectivity index (χ0v) is 17.3. The average molecular weight is 411 g/mol. The fourth-order valence-corrected chi connectivity index (χ4v) is 3.28. The topological polar surface area (TPSA) is 18.5 Å². The summed E-state index contributed by atoms with van der Waals surface area (Å²) >= 11 is 0. The van der Waals surface area contributed by atoms with Crippen molar-refractivity contribution in [2.24, 2.45) is 0 Å². The molecule has 0 unspecified atom stereocenters. The van der Waals surface area contributed by atoms with Gasteiger partial charge in [-0.05, 0) is 65.8 Å². The van der Waals surface area contributed by atoms with Gasteiger partial charge in [-0.25, -0.2) is 0 Å². The second kappa shape index (κ2) is 11.3. The fraction of sp³-hybridized carbons (Fsp3) is 0.308. The molecule has 0 atom stereocenters. The fourth-order valence-electron chi connectivity index (χ4n) is 3.28. The zero-order chi connectivity index (χ0) is 21.2. The summed E-state index contributed by atoms with van der Waals surface area (Å²) in [7, 11) is 0. The first-order valence-corrected chi connectivity index (χ1v) is 10.5. The van der Waals surface area contributed by atoms with E-state index in [0.29, 0.717) is 0 Å². The van der Waals surface area contributed by atoms with Gasteiger partial charge in [-0.2, -0.15) is 8.78 Å². The molecule has 0 aromatic heterocycles. The Hall–Kier alpha value is -2.88. The van der Waals surface area contributed by atoms with Crippen LogP contribution in [-0.2, 0) is 12.8 Å². The quantitative estimate of drug-likeness (QED) is 0.309. The maximum absolute atomic E-state index is 12.3. The van der Waals surface area contributed by atoms with Gasteiger partial charge in [0.25, 0.3) is 0 Å². The van der Waals surface area contributed by atoms with Gasteiger partial charge in [0, 0.05) is 0 Å². The maximum atomic E-state index is 12.3. The highest BCUT2D eigenvalue weighted by Crippen LogP contribution is 2.24. The molecule has 0 aliphatic carbocycles. The van der Waals surface area contributed by atoms with E-state index in [4.69, 9.17) is 4.74 Å². The van der Waals surface area contributed by atoms with Crippen LogP contribution in [0.15, 0.2) is 72.8 Å². The minimum atomic E-state index is -2.80. The summed E-state index contributed by atoms with van der Waals surface area (Å²) in [5, 5.41) is 0. The zero-order valence-electron chi connectivity index (χ0n) is 17.3. The lowest BCUT2D eigenvalue weighted by atomic mass is 10.0. The standard InChI is InChI=1S/C26H28F2O2/c1-2-3-4-19-29-24-15-9-21(10-16-24)6-5-20-7-11-22(12-8-20)23-13-17-25(18-14-23)30-26(27)28/h7-18,26H,2-6,19H2,1H3. The van der Waals surface area contributed by atoms with Gasteiger partial charge in [0.1, 0.15) is 11.5 Å². The van der Waals surface area contributed by atoms with Crippen molar-refractivity contribution in [3.8, 4) is 22.6 Å². The van der Waals surface area contributed by atoms with E-state index in [0.717, 1.165) is 42.7 Å². The normalized spacial score (nSPS) is 10.9. The van der Waals surface area contributed by atoms with Crippen LogP contribution in [0.1, 0.15) is 37.3 Å². The van der Waals surface area contributed by atoms with Crippen LogP contribution in [0.5, 0.6) is 11.5 Å². The Labute approximate surface area is 177 Å². The van der Waals surface area contributed by atoms with Gasteiger partial charge < -0.3 is 9.47 Å². The highest BCUT2D eigenvalue weighted by atomic mass is 19.3. The van der Waals surface area contributed by atoms with Crippen LogP contribution in [-0.4, -0.2) is 13.2 Å². The summed E-state index contributed by atoms with van der Waals surface area (Å²) in [4.78, 5) is 0. The summed E-state index contributed by atoms with van der Waals surface area (Å²) < 4.78 is 34.7. The molecular weight excluding hydrogens is 382 g/mol. The van der Waals surface area contributed by atoms with Crippen LogP contribution in [0.3, 0.4) is 0 Å². The van der Waals surface area contributed by atoms with Gasteiger partial charge in [-0.15, -0.1) is 0 Å². The first-order valence-electron chi connectivity index (χ1n) is 10.5. The van der Waals surface area contributed by atoms with Crippen molar-refractivity contribution in [3.05, 3.63) is 83.9 Å². The number of hydrogen-bond acceptors (Lipinski definition) is 2. The van der Waals surface area contributed by atoms with Crippen LogP contribution < -0.4 is 9.47 Å². The number of ether oxygens (including phenoxy) is 2. The molecule has 4 heteroatoms. The lowest BCUT2D eigenvalue weighted by molar-refractivity contribution is -0.0498. The average Bonchev–Trinajstić information content (AvgIpc) is 2.77. The second-order valence-corrected chi connectivity index (χ2v) is 7.30. The van der Waals surface area contributed by atoms with E-state index in [-0.39, 0.29) is 5.75 Å². The molecule has 0 saturated carbocycles. The molecule has 0 bridgehead atoms. The Kier molecular flexibility index (Phi) is 8.25. The predicted octanol–water partition coefficient (Wildman–Crippen LogP) is 7.31. The van der Waals surface area contributed by atoms with Gasteiger partial charge in [-0.3, -0.25) is 0 Å². The molecule has 158 valence electrons. The summed E-state index contributed by atoms with van der Waals surface area (Å²) in [5.74, 6) is 1.10. The number of alkyl halides is 2. The molecule has 0 radical (unpaired) electrons. The molecule has 0 aliphatic heterocycles. The molecule has 2 nitrogen and oxygen atoms in total. The predicted molar refractivity (Wildman–Crippen MR) is 117 cm³/mol. The number of rotatable bonds is 11. The molecule has 0 amide bonds. The van der Waals surface area contributed by atoms with E-state index < -0.39 is 6.61 Å². The number of halogens is 2. The Morgan fingerprint density at radius 3 is 1.70 bits per heavy atom. The molecule has 0 aliphatic rings. The van der Waals surface area contributed by atoms with Gasteiger partial charge in [0.15, 0.2) is 0 Å². The molecule has 3 aromatic carbocycles. The highest BCUT2D eigenvalue weighted by molar-refractivity contribution is 5.64. The Balaban J connectivity index is 1.49. The molecule has 3 rings (SSSR count). The molecule has 0 spiro atoms. The van der Waals surface area contributed by atoms with Crippen LogP contribution >= 0.6 is 0 Å². The summed E-state index contributed by atoms with van der Waals surface area (Å²) in [6, 6.07) is 23.4. The van der Waals surface area contributed by atoms with E-state index in [1.807, 2.05) is 12.1 Å². The summed E-state index contributed by atoms with van der Waals surface area (Å²) in [6.45, 7) is 0.166. The molecule has 0 heterocycles. The van der Waals surface area contributed by atoms with E-state index in [2.05, 4.69) is 48.1 Å². The summed E-state index contributed by atoms with van der Waals surface area (Å²) in [6.07, 6.45) is 5.43. The molecule has 3 aromatic rings. The van der Waals surface area contributed by atoms with Crippen LogP contribution in [0.4, 0.5) is 8.78 Å². The van der Waals surface area contributed by atoms with E-state index >= 15 is 0 Å². The molecular formula is C26H28F2O2. The third kappa shape index (κ3) is 6.87. The monoisotopic (exact) mass is 410 g/mol. The highest BCUT2D eigenvalue weighted by Gasteiger charge is 2.05. The van der Waals surface area contributed by atoms with Gasteiger partial charge in [0.2, 0.25) is 0 Å². The molecule has 30 heavy (non-hydrogen) atoms. The van der Waals surface area contributed by atoms with E-state index in [9.17, 15) is 8.78 Å². The third-order valence-corrected chi connectivity index (χ3v) is 5.01. The molecule has 0 saturated heterocycles. The van der Waals surface area contributed by atoms with Crippen LogP contribution in [0.2, 0.25) is 0 Å². The smallest absolute Gasteiger partial charge is 0.387 e. The number of benzene rings is 3. The Bertz CT molecular complexity index is 872. The van der Waals surface area contributed by atoms with Gasteiger partial charge in [0.05, 0.1) is 6.61 Å². The van der Waals surface area contributed by atoms with E-state index in [1.165, 1.54) is 24.0 Å². The maximum Gasteiger partial charge on any atom is 0.387 e. The van der Waals surface area contributed by atoms with Gasteiger partial charge >= 0.3 is 6.61 Å². The number of hydrogen-bond donors (Lipinski definition) is 0. The Morgan fingerprint density at radius 2 is 1.17 bits per heavy atom. The van der Waals surface area contributed by atoms with Crippen LogP contribution in [0, 0.1) is 0 Å².